The molecular formula is C12H13NO2S2. The normalized spacial score (nSPS) is 10.6. The number of thioether (sulfide) groups is 1. The van der Waals surface area contributed by atoms with Crippen LogP contribution in [-0.4, -0.2) is 23.6 Å². The predicted octanol–water partition coefficient (Wildman–Crippen LogP) is 2.81. The highest BCUT2D eigenvalue weighted by Gasteiger charge is 2.17. The maximum atomic E-state index is 5.71. The molecule has 0 aliphatic carbocycles. The number of fused-ring (bicyclic) bond motifs is 1. The lowest BCUT2D eigenvalue weighted by molar-refractivity contribution is 0.341. The summed E-state index contributed by atoms with van der Waals surface area (Å²) in [5, 5.41) is 0.913. The predicted molar refractivity (Wildman–Crippen MR) is 76.0 cm³/mol. The Morgan fingerprint density at radius 1 is 1.47 bits per heavy atom. The van der Waals surface area contributed by atoms with E-state index in [1.54, 1.807) is 11.8 Å². The zero-order chi connectivity index (χ0) is 12.3. The Balaban J connectivity index is 2.41. The topological polar surface area (TPSA) is 48.4 Å². The molecule has 1 heterocycles. The Hall–Kier alpha value is -1.20. The van der Waals surface area contributed by atoms with E-state index in [1.807, 2.05) is 30.5 Å². The van der Waals surface area contributed by atoms with Gasteiger partial charge in [-0.25, -0.2) is 0 Å². The molecule has 0 spiro atoms. The molecular weight excluding hydrogens is 254 g/mol. The molecule has 90 valence electrons. The first-order valence-electron chi connectivity index (χ1n) is 5.17. The van der Waals surface area contributed by atoms with Crippen LogP contribution in [0.25, 0.3) is 11.0 Å². The third-order valence-corrected chi connectivity index (χ3v) is 3.07. The van der Waals surface area contributed by atoms with Crippen LogP contribution in [-0.2, 0) is 0 Å². The second-order valence-corrected chi connectivity index (χ2v) is 4.89. The molecule has 0 fully saturated rings. The van der Waals surface area contributed by atoms with Gasteiger partial charge < -0.3 is 14.9 Å². The van der Waals surface area contributed by atoms with E-state index in [-0.39, 0.29) is 4.99 Å². The van der Waals surface area contributed by atoms with Crippen molar-refractivity contribution in [2.75, 3.05) is 18.6 Å². The van der Waals surface area contributed by atoms with Gasteiger partial charge in [0.15, 0.2) is 5.75 Å². The lowest BCUT2D eigenvalue weighted by atomic mass is 10.2. The summed E-state index contributed by atoms with van der Waals surface area (Å²) in [6, 6.07) is 7.65. The van der Waals surface area contributed by atoms with Gasteiger partial charge in [-0.2, -0.15) is 11.8 Å². The van der Waals surface area contributed by atoms with Crippen molar-refractivity contribution in [2.45, 2.75) is 0 Å². The highest BCUT2D eigenvalue weighted by molar-refractivity contribution is 7.98. The number of furan rings is 1. The van der Waals surface area contributed by atoms with Crippen molar-refractivity contribution in [3.8, 4) is 5.75 Å². The van der Waals surface area contributed by atoms with Crippen molar-refractivity contribution in [3.63, 3.8) is 0 Å². The number of para-hydroxylation sites is 1. The quantitative estimate of drug-likeness (QED) is 0.667. The minimum atomic E-state index is 0.223. The van der Waals surface area contributed by atoms with E-state index in [1.165, 1.54) is 0 Å². The fourth-order valence-electron chi connectivity index (χ4n) is 1.55. The summed E-state index contributed by atoms with van der Waals surface area (Å²) < 4.78 is 11.3. The number of ether oxygens (including phenoxy) is 1. The summed E-state index contributed by atoms with van der Waals surface area (Å²) in [7, 11) is 0. The van der Waals surface area contributed by atoms with Gasteiger partial charge in [-0.15, -0.1) is 0 Å². The summed E-state index contributed by atoms with van der Waals surface area (Å²) in [6.45, 7) is 0.611. The summed E-state index contributed by atoms with van der Waals surface area (Å²) in [5.74, 6) is 2.03. The smallest absolute Gasteiger partial charge is 0.204 e. The summed E-state index contributed by atoms with van der Waals surface area (Å²) >= 11 is 6.69. The average molecular weight is 267 g/mol. The van der Waals surface area contributed by atoms with E-state index < -0.39 is 0 Å². The molecule has 17 heavy (non-hydrogen) atoms. The van der Waals surface area contributed by atoms with E-state index in [2.05, 4.69) is 0 Å². The number of benzene rings is 1. The van der Waals surface area contributed by atoms with Crippen LogP contribution in [0.2, 0.25) is 0 Å². The Kier molecular flexibility index (Phi) is 3.91. The average Bonchev–Trinajstić information content (AvgIpc) is 2.69. The Morgan fingerprint density at radius 2 is 2.24 bits per heavy atom. The van der Waals surface area contributed by atoms with E-state index in [0.29, 0.717) is 18.1 Å². The molecule has 0 aliphatic rings. The SMILES string of the molecule is CSCCOc1c(C(N)=S)oc2ccccc12. The first-order chi connectivity index (χ1) is 8.24. The molecule has 2 aromatic rings. The maximum absolute atomic E-state index is 5.71. The van der Waals surface area contributed by atoms with Crippen LogP contribution in [0.15, 0.2) is 28.7 Å². The first kappa shape index (κ1) is 12.3. The fourth-order valence-corrected chi connectivity index (χ4v) is 1.94. The van der Waals surface area contributed by atoms with Crippen molar-refractivity contribution in [3.05, 3.63) is 30.0 Å². The molecule has 0 saturated heterocycles. The molecule has 1 aromatic heterocycles. The van der Waals surface area contributed by atoms with Gasteiger partial charge in [0.25, 0.3) is 0 Å². The zero-order valence-corrected chi connectivity index (χ0v) is 11.1. The summed E-state index contributed by atoms with van der Waals surface area (Å²) in [4.78, 5) is 0.223. The molecule has 5 heteroatoms. The molecule has 2 rings (SSSR count). The first-order valence-corrected chi connectivity index (χ1v) is 6.97. The highest BCUT2D eigenvalue weighted by atomic mass is 32.2. The van der Waals surface area contributed by atoms with Crippen LogP contribution in [0.4, 0.5) is 0 Å². The van der Waals surface area contributed by atoms with Crippen LogP contribution >= 0.6 is 24.0 Å². The van der Waals surface area contributed by atoms with Gasteiger partial charge >= 0.3 is 0 Å². The number of hydrogen-bond donors (Lipinski definition) is 1. The minimum Gasteiger partial charge on any atom is -0.488 e. The standard InChI is InChI=1S/C12H13NO2S2/c1-17-7-6-14-10-8-4-2-3-5-9(8)15-11(10)12(13)16/h2-5H,6-7H2,1H3,(H2,13,16). The van der Waals surface area contributed by atoms with Crippen LogP contribution in [0.1, 0.15) is 5.76 Å². The van der Waals surface area contributed by atoms with Crippen molar-refractivity contribution in [2.24, 2.45) is 5.73 Å². The number of thiocarbonyl (C=S) groups is 1. The third-order valence-electron chi connectivity index (χ3n) is 2.31. The molecule has 0 bridgehead atoms. The number of nitrogens with two attached hydrogens (primary N) is 1. The number of hydrogen-bond acceptors (Lipinski definition) is 4. The maximum Gasteiger partial charge on any atom is 0.204 e. The van der Waals surface area contributed by atoms with Gasteiger partial charge in [0.05, 0.1) is 12.0 Å². The van der Waals surface area contributed by atoms with Gasteiger partial charge in [-0.3, -0.25) is 0 Å². The van der Waals surface area contributed by atoms with E-state index in [0.717, 1.165) is 16.7 Å². The largest absolute Gasteiger partial charge is 0.488 e. The highest BCUT2D eigenvalue weighted by Crippen LogP contribution is 2.32. The minimum absolute atomic E-state index is 0.223. The monoisotopic (exact) mass is 267 g/mol. The van der Waals surface area contributed by atoms with Crippen LogP contribution < -0.4 is 10.5 Å². The third kappa shape index (κ3) is 2.56. The fraction of sp³-hybridized carbons (Fsp3) is 0.250. The van der Waals surface area contributed by atoms with Gasteiger partial charge in [0.1, 0.15) is 10.6 Å². The van der Waals surface area contributed by atoms with Gasteiger partial charge in [0, 0.05) is 5.75 Å². The summed E-state index contributed by atoms with van der Waals surface area (Å²) in [5.41, 5.74) is 6.38. The Morgan fingerprint density at radius 3 is 2.94 bits per heavy atom. The van der Waals surface area contributed by atoms with E-state index in [9.17, 15) is 0 Å². The van der Waals surface area contributed by atoms with Crippen molar-refractivity contribution >= 4 is 39.9 Å². The zero-order valence-electron chi connectivity index (χ0n) is 9.43. The lowest BCUT2D eigenvalue weighted by Crippen LogP contribution is -2.11. The Labute approximate surface area is 109 Å². The second kappa shape index (κ2) is 5.42. The lowest BCUT2D eigenvalue weighted by Gasteiger charge is -2.04. The number of rotatable bonds is 5. The Bertz CT molecular complexity index is 536. The summed E-state index contributed by atoms with van der Waals surface area (Å²) in [6.07, 6.45) is 2.03. The molecule has 0 radical (unpaired) electrons. The van der Waals surface area contributed by atoms with Crippen molar-refractivity contribution in [1.29, 1.82) is 0 Å². The van der Waals surface area contributed by atoms with Gasteiger partial charge in [-0.05, 0) is 18.4 Å². The van der Waals surface area contributed by atoms with Crippen molar-refractivity contribution < 1.29 is 9.15 Å². The van der Waals surface area contributed by atoms with E-state index in [4.69, 9.17) is 27.1 Å². The van der Waals surface area contributed by atoms with Crippen LogP contribution in [0, 0.1) is 0 Å². The molecule has 3 nitrogen and oxygen atoms in total. The molecule has 0 aliphatic heterocycles. The second-order valence-electron chi connectivity index (χ2n) is 3.46. The van der Waals surface area contributed by atoms with E-state index >= 15 is 0 Å². The van der Waals surface area contributed by atoms with Gasteiger partial charge in [-0.1, -0.05) is 24.4 Å². The van der Waals surface area contributed by atoms with Crippen LogP contribution in [0.5, 0.6) is 5.75 Å². The van der Waals surface area contributed by atoms with Crippen molar-refractivity contribution in [1.82, 2.24) is 0 Å². The molecule has 0 atom stereocenters. The molecule has 0 unspecified atom stereocenters. The molecule has 2 N–H and O–H groups in total. The molecule has 1 aromatic carbocycles. The molecule has 0 saturated carbocycles. The van der Waals surface area contributed by atoms with Gasteiger partial charge in [0.2, 0.25) is 5.76 Å². The van der Waals surface area contributed by atoms with Crippen LogP contribution in [0.3, 0.4) is 0 Å². The molecule has 0 amide bonds.